The van der Waals surface area contributed by atoms with Gasteiger partial charge in [0.2, 0.25) is 0 Å². The lowest BCUT2D eigenvalue weighted by atomic mass is 9.90. The molecule has 2 aliphatic rings. The van der Waals surface area contributed by atoms with E-state index in [1.807, 2.05) is 6.08 Å². The average Bonchev–Trinajstić information content (AvgIpc) is 2.62. The fraction of sp³-hybridized carbons (Fsp3) is 0.800. The largest absolute Gasteiger partial charge is 0.495 e. The third-order valence-electron chi connectivity index (χ3n) is 3.14. The highest BCUT2D eigenvalue weighted by Crippen LogP contribution is 2.42. The molecule has 2 heteroatoms. The zero-order valence-corrected chi connectivity index (χ0v) is 7.55. The molecule has 2 atom stereocenters. The van der Waals surface area contributed by atoms with Gasteiger partial charge in [-0.3, -0.25) is 0 Å². The highest BCUT2D eigenvalue weighted by Gasteiger charge is 2.43. The Kier molecular flexibility index (Phi) is 1.87. The van der Waals surface area contributed by atoms with E-state index in [0.717, 1.165) is 38.0 Å². The third-order valence-corrected chi connectivity index (χ3v) is 3.14. The topological polar surface area (TPSA) is 29.5 Å². The van der Waals surface area contributed by atoms with Gasteiger partial charge in [-0.05, 0) is 31.3 Å². The average molecular weight is 168 g/mol. The molecule has 1 fully saturated rings. The summed E-state index contributed by atoms with van der Waals surface area (Å²) in [5.41, 5.74) is -0.628. The van der Waals surface area contributed by atoms with Gasteiger partial charge in [0, 0.05) is 6.42 Å². The molecule has 1 saturated carbocycles. The van der Waals surface area contributed by atoms with Gasteiger partial charge in [0.25, 0.3) is 0 Å². The molecule has 0 bridgehead atoms. The molecule has 0 spiro atoms. The predicted octanol–water partition coefficient (Wildman–Crippen LogP) is 1.84. The maximum atomic E-state index is 10.3. The molecule has 0 radical (unpaired) electrons. The Morgan fingerprint density at radius 3 is 3.00 bits per heavy atom. The maximum absolute atomic E-state index is 10.3. The Labute approximate surface area is 73.2 Å². The van der Waals surface area contributed by atoms with Gasteiger partial charge in [-0.1, -0.05) is 6.92 Å². The fourth-order valence-corrected chi connectivity index (χ4v) is 2.25. The number of hydrogen-bond donors (Lipinski definition) is 1. The van der Waals surface area contributed by atoms with E-state index in [4.69, 9.17) is 4.74 Å². The van der Waals surface area contributed by atoms with Crippen LogP contribution in [0.15, 0.2) is 11.8 Å². The van der Waals surface area contributed by atoms with Gasteiger partial charge < -0.3 is 9.84 Å². The van der Waals surface area contributed by atoms with Crippen LogP contribution in [0, 0.1) is 5.92 Å². The van der Waals surface area contributed by atoms with Gasteiger partial charge in [-0.25, -0.2) is 0 Å². The number of hydrogen-bond acceptors (Lipinski definition) is 2. The smallest absolute Gasteiger partial charge is 0.124 e. The van der Waals surface area contributed by atoms with Crippen molar-refractivity contribution in [3.8, 4) is 0 Å². The van der Waals surface area contributed by atoms with Crippen molar-refractivity contribution in [1.82, 2.24) is 0 Å². The normalized spacial score (nSPS) is 41.2. The van der Waals surface area contributed by atoms with E-state index in [0.29, 0.717) is 5.92 Å². The maximum Gasteiger partial charge on any atom is 0.124 e. The van der Waals surface area contributed by atoms with Gasteiger partial charge in [0.05, 0.1) is 6.61 Å². The summed E-state index contributed by atoms with van der Waals surface area (Å²) in [4.78, 5) is 0. The van der Waals surface area contributed by atoms with Crippen LogP contribution in [-0.2, 0) is 4.74 Å². The lowest BCUT2D eigenvalue weighted by molar-refractivity contribution is -0.00584. The molecule has 2 unspecified atom stereocenters. The minimum Gasteiger partial charge on any atom is -0.495 e. The molecule has 1 aliphatic heterocycles. The quantitative estimate of drug-likeness (QED) is 0.647. The van der Waals surface area contributed by atoms with E-state index in [2.05, 4.69) is 6.92 Å². The van der Waals surface area contributed by atoms with E-state index in [1.165, 1.54) is 0 Å². The molecule has 12 heavy (non-hydrogen) atoms. The molecule has 68 valence electrons. The van der Waals surface area contributed by atoms with Crippen molar-refractivity contribution in [2.24, 2.45) is 5.92 Å². The first-order valence-corrected chi connectivity index (χ1v) is 4.79. The van der Waals surface area contributed by atoms with Crippen LogP contribution in [0.4, 0.5) is 0 Å². The molecule has 0 amide bonds. The minimum absolute atomic E-state index is 0.363. The second-order valence-electron chi connectivity index (χ2n) is 3.92. The van der Waals surface area contributed by atoms with Crippen molar-refractivity contribution in [1.29, 1.82) is 0 Å². The summed E-state index contributed by atoms with van der Waals surface area (Å²) in [5.74, 6) is 1.20. The van der Waals surface area contributed by atoms with Crippen LogP contribution in [0.5, 0.6) is 0 Å². The number of ether oxygens (including phenoxy) is 1. The van der Waals surface area contributed by atoms with Crippen LogP contribution in [-0.4, -0.2) is 17.3 Å². The van der Waals surface area contributed by atoms with E-state index < -0.39 is 5.60 Å². The second-order valence-corrected chi connectivity index (χ2v) is 3.92. The standard InChI is InChI=1S/C10H16O2/c1-8-4-2-6-10(8,11)9-5-3-7-12-9/h5,8,11H,2-4,6-7H2,1H3. The summed E-state index contributed by atoms with van der Waals surface area (Å²) in [6.07, 6.45) is 6.13. The van der Waals surface area contributed by atoms with Gasteiger partial charge in [-0.15, -0.1) is 0 Å². The lowest BCUT2D eigenvalue weighted by Gasteiger charge is -2.28. The van der Waals surface area contributed by atoms with Crippen molar-refractivity contribution in [3.05, 3.63) is 11.8 Å². The molecule has 2 nitrogen and oxygen atoms in total. The van der Waals surface area contributed by atoms with E-state index in [-0.39, 0.29) is 0 Å². The van der Waals surface area contributed by atoms with Crippen LogP contribution in [0.25, 0.3) is 0 Å². The molecule has 0 saturated heterocycles. The molecular weight excluding hydrogens is 152 g/mol. The summed E-state index contributed by atoms with van der Waals surface area (Å²) >= 11 is 0. The molecule has 1 heterocycles. The van der Waals surface area contributed by atoms with Crippen molar-refractivity contribution in [3.63, 3.8) is 0 Å². The van der Waals surface area contributed by atoms with Crippen LogP contribution >= 0.6 is 0 Å². The summed E-state index contributed by atoms with van der Waals surface area (Å²) in [5, 5.41) is 10.3. The fourth-order valence-electron chi connectivity index (χ4n) is 2.25. The van der Waals surface area contributed by atoms with Crippen molar-refractivity contribution >= 4 is 0 Å². The van der Waals surface area contributed by atoms with Gasteiger partial charge in [0.15, 0.2) is 0 Å². The van der Waals surface area contributed by atoms with E-state index in [9.17, 15) is 5.11 Å². The van der Waals surface area contributed by atoms with E-state index >= 15 is 0 Å². The summed E-state index contributed by atoms with van der Waals surface area (Å²) < 4.78 is 5.42. The second kappa shape index (κ2) is 2.77. The first-order valence-electron chi connectivity index (χ1n) is 4.79. The van der Waals surface area contributed by atoms with Crippen molar-refractivity contribution in [2.45, 2.75) is 38.2 Å². The molecule has 1 aliphatic carbocycles. The Morgan fingerprint density at radius 2 is 2.50 bits per heavy atom. The third kappa shape index (κ3) is 1.06. The Morgan fingerprint density at radius 1 is 1.67 bits per heavy atom. The SMILES string of the molecule is CC1CCCC1(O)C1=CCCO1. The number of aliphatic hydroxyl groups is 1. The Bertz CT molecular complexity index is 210. The van der Waals surface area contributed by atoms with Crippen LogP contribution in [0.2, 0.25) is 0 Å². The number of rotatable bonds is 1. The lowest BCUT2D eigenvalue weighted by Crippen LogP contribution is -2.34. The molecule has 2 rings (SSSR count). The van der Waals surface area contributed by atoms with Crippen LogP contribution in [0.3, 0.4) is 0 Å². The predicted molar refractivity (Wildman–Crippen MR) is 46.6 cm³/mol. The van der Waals surface area contributed by atoms with Gasteiger partial charge >= 0.3 is 0 Å². The molecule has 0 aromatic carbocycles. The minimum atomic E-state index is -0.628. The first kappa shape index (κ1) is 8.11. The Hall–Kier alpha value is -0.500. The van der Waals surface area contributed by atoms with Crippen molar-refractivity contribution < 1.29 is 9.84 Å². The monoisotopic (exact) mass is 168 g/mol. The highest BCUT2D eigenvalue weighted by atomic mass is 16.5. The van der Waals surface area contributed by atoms with Gasteiger partial charge in [-0.2, -0.15) is 0 Å². The molecule has 0 aromatic heterocycles. The zero-order chi connectivity index (χ0) is 8.60. The van der Waals surface area contributed by atoms with Gasteiger partial charge in [0.1, 0.15) is 11.4 Å². The molecule has 1 N–H and O–H groups in total. The molecule has 0 aromatic rings. The first-order chi connectivity index (χ1) is 5.73. The highest BCUT2D eigenvalue weighted by molar-refractivity contribution is 5.16. The molecular formula is C10H16O2. The van der Waals surface area contributed by atoms with Crippen LogP contribution in [0.1, 0.15) is 32.6 Å². The Balaban J connectivity index is 2.18. The summed E-state index contributed by atoms with van der Waals surface area (Å²) in [7, 11) is 0. The zero-order valence-electron chi connectivity index (χ0n) is 7.55. The summed E-state index contributed by atoms with van der Waals surface area (Å²) in [6.45, 7) is 2.86. The van der Waals surface area contributed by atoms with E-state index in [1.54, 1.807) is 0 Å². The van der Waals surface area contributed by atoms with Crippen LogP contribution < -0.4 is 0 Å². The summed E-state index contributed by atoms with van der Waals surface area (Å²) in [6, 6.07) is 0. The van der Waals surface area contributed by atoms with Crippen molar-refractivity contribution in [2.75, 3.05) is 6.61 Å².